The van der Waals surface area contributed by atoms with Crippen LogP contribution in [0.1, 0.15) is 142 Å². The van der Waals surface area contributed by atoms with Crippen LogP contribution in [0.3, 0.4) is 0 Å². The molecule has 2 saturated heterocycles. The molecule has 9 N–H and O–H groups in total. The topological polar surface area (TPSA) is 228 Å². The first kappa shape index (κ1) is 48.9. The van der Waals surface area contributed by atoms with Crippen LogP contribution in [0.2, 0.25) is 0 Å². The van der Waals surface area contributed by atoms with Crippen molar-refractivity contribution in [3.05, 3.63) is 12.2 Å². The predicted molar refractivity (Wildman–Crippen MR) is 203 cm³/mol. The molecule has 0 aromatic rings. The number of carbonyl (C=O) groups excluding carboxylic acids is 1. The zero-order chi connectivity index (χ0) is 39.7. The summed E-state index contributed by atoms with van der Waals surface area (Å²) in [6, 6.07) is -0.903. The Bertz CT molecular complexity index is 972. The Morgan fingerprint density at radius 3 is 1.70 bits per heavy atom. The molecule has 2 rings (SSSR count). The van der Waals surface area contributed by atoms with E-state index < -0.39 is 86.8 Å². The number of allylic oxidation sites excluding steroid dienone is 1. The van der Waals surface area contributed by atoms with Gasteiger partial charge in [-0.3, -0.25) is 4.79 Å². The largest absolute Gasteiger partial charge is 0.394 e. The molecule has 318 valence electrons. The molecule has 2 heterocycles. The van der Waals surface area contributed by atoms with E-state index in [9.17, 15) is 45.6 Å². The van der Waals surface area contributed by atoms with Gasteiger partial charge in [0, 0.05) is 6.42 Å². The lowest BCUT2D eigenvalue weighted by Gasteiger charge is -2.46. The van der Waals surface area contributed by atoms with Crippen molar-refractivity contribution in [2.45, 2.75) is 216 Å². The maximum Gasteiger partial charge on any atom is 0.220 e. The van der Waals surface area contributed by atoms with E-state index in [2.05, 4.69) is 19.2 Å². The SMILES string of the molecule is CCCCC/C=C/C(O)C(COC1OC(CO)C(OC2OC(CO)C(O)C(O)C2O)C(O)C1O)NC(=O)CCCCCCCCCCCCCCCCC. The number of carbonyl (C=O) groups is 1. The molecule has 0 aromatic heterocycles. The van der Waals surface area contributed by atoms with Crippen LogP contribution in [0, 0.1) is 0 Å². The van der Waals surface area contributed by atoms with E-state index in [4.69, 9.17) is 18.9 Å². The second-order valence-corrected chi connectivity index (χ2v) is 15.1. The van der Waals surface area contributed by atoms with Crippen LogP contribution >= 0.6 is 0 Å². The minimum Gasteiger partial charge on any atom is -0.394 e. The van der Waals surface area contributed by atoms with Crippen molar-refractivity contribution in [2.24, 2.45) is 0 Å². The highest BCUT2D eigenvalue weighted by molar-refractivity contribution is 5.76. The molecule has 14 nitrogen and oxygen atoms in total. The minimum atomic E-state index is -1.78. The molecule has 54 heavy (non-hydrogen) atoms. The summed E-state index contributed by atoms with van der Waals surface area (Å²) in [6.45, 7) is 2.64. The van der Waals surface area contributed by atoms with E-state index >= 15 is 0 Å². The van der Waals surface area contributed by atoms with E-state index in [0.29, 0.717) is 6.42 Å². The first-order chi connectivity index (χ1) is 26.1. The summed E-state index contributed by atoms with van der Waals surface area (Å²) in [4.78, 5) is 13.0. The van der Waals surface area contributed by atoms with Gasteiger partial charge < -0.3 is 65.1 Å². The van der Waals surface area contributed by atoms with Crippen molar-refractivity contribution in [3.63, 3.8) is 0 Å². The summed E-state index contributed by atoms with van der Waals surface area (Å²) < 4.78 is 22.5. The van der Waals surface area contributed by atoms with Gasteiger partial charge in [-0.1, -0.05) is 129 Å². The van der Waals surface area contributed by atoms with E-state index in [1.807, 2.05) is 6.08 Å². The fraction of sp³-hybridized carbons (Fsp3) is 0.925. The highest BCUT2D eigenvalue weighted by Gasteiger charge is 2.50. The Hall–Kier alpha value is -1.27. The first-order valence-corrected chi connectivity index (χ1v) is 20.9. The molecule has 2 fully saturated rings. The molecule has 2 aliphatic heterocycles. The van der Waals surface area contributed by atoms with Gasteiger partial charge >= 0.3 is 0 Å². The Morgan fingerprint density at radius 1 is 0.648 bits per heavy atom. The standard InChI is InChI=1S/C40H75NO13/c1-3-5-7-9-10-11-12-13-14-15-16-17-18-20-22-24-32(45)41-28(29(44)23-21-19-8-6-4-2)27-51-39-37(50)35(48)38(31(26-43)53-39)54-40-36(49)34(47)33(46)30(25-42)52-40/h21,23,28-31,33-40,42-44,46-50H,3-20,22,24-27H2,1-2H3,(H,41,45)/b23-21+. The molecule has 0 aliphatic carbocycles. The van der Waals surface area contributed by atoms with Crippen LogP contribution in [0.4, 0.5) is 0 Å². The van der Waals surface area contributed by atoms with Crippen LogP contribution in [0.25, 0.3) is 0 Å². The Morgan fingerprint density at radius 2 is 1.15 bits per heavy atom. The van der Waals surface area contributed by atoms with Gasteiger partial charge in [0.25, 0.3) is 0 Å². The number of aliphatic hydroxyl groups is 8. The third-order valence-electron chi connectivity index (χ3n) is 10.5. The summed E-state index contributed by atoms with van der Waals surface area (Å²) in [5.74, 6) is -0.247. The minimum absolute atomic E-state index is 0.247. The van der Waals surface area contributed by atoms with Crippen molar-refractivity contribution in [2.75, 3.05) is 19.8 Å². The smallest absolute Gasteiger partial charge is 0.220 e. The molecule has 1 amide bonds. The monoisotopic (exact) mass is 778 g/mol. The maximum atomic E-state index is 13.0. The Kier molecular flexibility index (Phi) is 26.3. The first-order valence-electron chi connectivity index (χ1n) is 20.9. The van der Waals surface area contributed by atoms with Gasteiger partial charge in [-0.2, -0.15) is 0 Å². The number of rotatable bonds is 30. The van der Waals surface area contributed by atoms with E-state index in [-0.39, 0.29) is 18.9 Å². The molecule has 2 aliphatic rings. The van der Waals surface area contributed by atoms with Gasteiger partial charge in [-0.15, -0.1) is 0 Å². The molecule has 0 spiro atoms. The highest BCUT2D eigenvalue weighted by atomic mass is 16.7. The van der Waals surface area contributed by atoms with Crippen LogP contribution in [0.15, 0.2) is 12.2 Å². The third-order valence-corrected chi connectivity index (χ3v) is 10.5. The molecule has 0 saturated carbocycles. The van der Waals surface area contributed by atoms with Gasteiger partial charge in [-0.05, 0) is 19.3 Å². The third kappa shape index (κ3) is 17.9. The van der Waals surface area contributed by atoms with E-state index in [0.717, 1.165) is 44.9 Å². The lowest BCUT2D eigenvalue weighted by Crippen LogP contribution is -2.65. The van der Waals surface area contributed by atoms with Crippen molar-refractivity contribution in [1.29, 1.82) is 0 Å². The Balaban J connectivity index is 1.84. The second-order valence-electron chi connectivity index (χ2n) is 15.1. The molecule has 14 heteroatoms. The number of hydrogen-bond donors (Lipinski definition) is 9. The quantitative estimate of drug-likeness (QED) is 0.0378. The number of aliphatic hydroxyl groups excluding tert-OH is 8. The predicted octanol–water partition coefficient (Wildman–Crippen LogP) is 2.87. The average Bonchev–Trinajstić information content (AvgIpc) is 3.17. The summed E-state index contributed by atoms with van der Waals surface area (Å²) in [7, 11) is 0. The maximum absolute atomic E-state index is 13.0. The summed E-state index contributed by atoms with van der Waals surface area (Å²) >= 11 is 0. The van der Waals surface area contributed by atoms with Gasteiger partial charge in [0.05, 0.1) is 32.0 Å². The second kappa shape index (κ2) is 29.0. The van der Waals surface area contributed by atoms with Crippen LogP contribution in [0.5, 0.6) is 0 Å². The van der Waals surface area contributed by atoms with Crippen molar-refractivity contribution < 1.29 is 64.6 Å². The molecule has 12 unspecified atom stereocenters. The van der Waals surface area contributed by atoms with E-state index in [1.54, 1.807) is 6.08 Å². The summed E-state index contributed by atoms with van der Waals surface area (Å²) in [6.07, 6.45) is 8.96. The van der Waals surface area contributed by atoms with Gasteiger partial charge in [0.15, 0.2) is 12.6 Å². The van der Waals surface area contributed by atoms with Gasteiger partial charge in [0.2, 0.25) is 5.91 Å². The summed E-state index contributed by atoms with van der Waals surface area (Å²) in [5, 5.41) is 85.8. The average molecular weight is 778 g/mol. The van der Waals surface area contributed by atoms with Crippen molar-refractivity contribution in [1.82, 2.24) is 5.32 Å². The zero-order valence-electron chi connectivity index (χ0n) is 33.0. The van der Waals surface area contributed by atoms with E-state index in [1.165, 1.54) is 70.6 Å². The molecule has 0 bridgehead atoms. The van der Waals surface area contributed by atoms with Crippen LogP contribution < -0.4 is 5.32 Å². The van der Waals surface area contributed by atoms with Crippen LogP contribution in [-0.2, 0) is 23.7 Å². The number of ether oxygens (including phenoxy) is 4. The fourth-order valence-electron chi connectivity index (χ4n) is 6.94. The normalized spacial score (nSPS) is 30.1. The molecule has 12 atom stereocenters. The number of hydrogen-bond acceptors (Lipinski definition) is 13. The van der Waals surface area contributed by atoms with Crippen molar-refractivity contribution >= 4 is 5.91 Å². The lowest BCUT2D eigenvalue weighted by atomic mass is 9.97. The van der Waals surface area contributed by atoms with Gasteiger partial charge in [0.1, 0.15) is 48.8 Å². The molecular weight excluding hydrogens is 702 g/mol. The zero-order valence-corrected chi connectivity index (χ0v) is 33.0. The lowest BCUT2D eigenvalue weighted by molar-refractivity contribution is -0.359. The molecule has 0 aromatic carbocycles. The number of unbranched alkanes of at least 4 members (excludes halogenated alkanes) is 17. The Labute approximate surface area is 323 Å². The molecule has 0 radical (unpaired) electrons. The van der Waals surface area contributed by atoms with Crippen LogP contribution in [-0.4, -0.2) is 140 Å². The fourth-order valence-corrected chi connectivity index (χ4v) is 6.94. The molecular formula is C40H75NO13. The summed E-state index contributed by atoms with van der Waals surface area (Å²) in [5.41, 5.74) is 0. The number of nitrogens with one attached hydrogen (secondary N) is 1. The number of amides is 1. The van der Waals surface area contributed by atoms with Gasteiger partial charge in [-0.25, -0.2) is 0 Å². The van der Waals surface area contributed by atoms with Crippen molar-refractivity contribution in [3.8, 4) is 0 Å². The highest BCUT2D eigenvalue weighted by Crippen LogP contribution is 2.30.